The molecule has 0 bridgehead atoms. The van der Waals surface area contributed by atoms with Crippen LogP contribution in [0.25, 0.3) is 5.69 Å². The summed E-state index contributed by atoms with van der Waals surface area (Å²) in [4.78, 5) is 0. The van der Waals surface area contributed by atoms with Crippen LogP contribution in [-0.2, 0) is 0 Å². The molecule has 0 aliphatic heterocycles. The number of aromatic nitrogens is 1. The summed E-state index contributed by atoms with van der Waals surface area (Å²) in [6.07, 6.45) is 4.07. The zero-order valence-corrected chi connectivity index (χ0v) is 11.4. The van der Waals surface area contributed by atoms with Crippen molar-refractivity contribution < 1.29 is 0 Å². The number of rotatable bonds is 1. The van der Waals surface area contributed by atoms with E-state index < -0.39 is 0 Å². The molecule has 0 amide bonds. The van der Waals surface area contributed by atoms with Crippen molar-refractivity contribution >= 4 is 0 Å². The Morgan fingerprint density at radius 1 is 0.800 bits per heavy atom. The fourth-order valence-corrected chi connectivity index (χ4v) is 2.16. The maximum atomic E-state index is 3.27. The van der Waals surface area contributed by atoms with Gasteiger partial charge in [-0.1, -0.05) is 36.1 Å². The highest BCUT2D eigenvalue weighted by molar-refractivity contribution is 5.53. The highest BCUT2D eigenvalue weighted by atomic mass is 14.9. The Hall–Kier alpha value is -2.72. The molecule has 0 aliphatic rings. The fraction of sp³-hybridized carbons (Fsp3) is 0.0526. The van der Waals surface area contributed by atoms with E-state index in [1.807, 2.05) is 48.8 Å². The molecule has 0 aliphatic carbocycles. The number of hydrogen-bond donors (Lipinski definition) is 0. The number of aryl methyl sites for hydroxylation is 1. The third-order valence-electron chi connectivity index (χ3n) is 3.15. The molecule has 3 rings (SSSR count). The maximum absolute atomic E-state index is 3.27. The van der Waals surface area contributed by atoms with Crippen molar-refractivity contribution in [3.8, 4) is 17.5 Å². The molecule has 0 saturated carbocycles. The van der Waals surface area contributed by atoms with E-state index in [0.29, 0.717) is 0 Å². The highest BCUT2D eigenvalue weighted by Gasteiger charge is 1.99. The van der Waals surface area contributed by atoms with Gasteiger partial charge in [0, 0.05) is 23.5 Å². The maximum Gasteiger partial charge on any atom is 0.0606 e. The minimum absolute atomic E-state index is 1.03. The zero-order chi connectivity index (χ0) is 13.8. The molecular weight excluding hydrogens is 242 g/mol. The Morgan fingerprint density at radius 3 is 2.40 bits per heavy atom. The first-order valence-corrected chi connectivity index (χ1v) is 6.64. The predicted octanol–water partition coefficient (Wildman–Crippen LogP) is 4.19. The van der Waals surface area contributed by atoms with E-state index in [2.05, 4.69) is 47.6 Å². The molecule has 3 aromatic rings. The van der Waals surface area contributed by atoms with Gasteiger partial charge in [0.05, 0.1) is 5.69 Å². The fourth-order valence-electron chi connectivity index (χ4n) is 2.16. The van der Waals surface area contributed by atoms with Crippen LogP contribution in [0, 0.1) is 18.8 Å². The van der Waals surface area contributed by atoms with Gasteiger partial charge in [-0.3, -0.25) is 0 Å². The lowest BCUT2D eigenvalue weighted by molar-refractivity contribution is 1.07. The first-order chi connectivity index (χ1) is 9.83. The van der Waals surface area contributed by atoms with Gasteiger partial charge in [0.25, 0.3) is 0 Å². The number of para-hydroxylation sites is 1. The molecule has 1 heteroatoms. The van der Waals surface area contributed by atoms with Gasteiger partial charge in [-0.05, 0) is 48.9 Å². The van der Waals surface area contributed by atoms with Crippen LogP contribution in [0.5, 0.6) is 0 Å². The van der Waals surface area contributed by atoms with Crippen LogP contribution >= 0.6 is 0 Å². The van der Waals surface area contributed by atoms with Crippen LogP contribution in [0.4, 0.5) is 0 Å². The van der Waals surface area contributed by atoms with E-state index >= 15 is 0 Å². The van der Waals surface area contributed by atoms with Gasteiger partial charge < -0.3 is 4.57 Å². The van der Waals surface area contributed by atoms with Crippen molar-refractivity contribution in [3.05, 3.63) is 89.7 Å². The van der Waals surface area contributed by atoms with E-state index in [1.54, 1.807) is 0 Å². The van der Waals surface area contributed by atoms with Crippen molar-refractivity contribution in [2.24, 2.45) is 0 Å². The quantitative estimate of drug-likeness (QED) is 0.576. The van der Waals surface area contributed by atoms with Crippen LogP contribution in [-0.4, -0.2) is 4.57 Å². The van der Waals surface area contributed by atoms with Gasteiger partial charge in [-0.25, -0.2) is 0 Å². The summed E-state index contributed by atoms with van der Waals surface area (Å²) in [5, 5.41) is 0. The molecule has 0 atom stereocenters. The number of benzene rings is 2. The molecule has 0 fully saturated rings. The summed E-state index contributed by atoms with van der Waals surface area (Å²) < 4.78 is 2.08. The average molecular weight is 257 g/mol. The van der Waals surface area contributed by atoms with Crippen molar-refractivity contribution in [1.29, 1.82) is 0 Å². The van der Waals surface area contributed by atoms with Crippen LogP contribution in [0.2, 0.25) is 0 Å². The molecule has 0 N–H and O–H groups in total. The summed E-state index contributed by atoms with van der Waals surface area (Å²) in [6, 6.07) is 20.5. The van der Waals surface area contributed by atoms with Crippen LogP contribution < -0.4 is 0 Å². The Bertz CT molecular complexity index is 771. The lowest BCUT2D eigenvalue weighted by Gasteiger charge is -2.05. The second-order valence-electron chi connectivity index (χ2n) is 4.73. The third kappa shape index (κ3) is 2.65. The zero-order valence-electron chi connectivity index (χ0n) is 11.4. The lowest BCUT2D eigenvalue weighted by atomic mass is 10.1. The molecule has 1 nitrogen and oxygen atoms in total. The van der Waals surface area contributed by atoms with E-state index in [4.69, 9.17) is 0 Å². The second kappa shape index (κ2) is 5.50. The standard InChI is InChI=1S/C19H15N/c1-16-7-6-8-17(15-16)11-12-18-9-2-3-10-19(18)20-13-4-5-14-20/h2-10,13-15H,1H3. The summed E-state index contributed by atoms with van der Waals surface area (Å²) in [7, 11) is 0. The Morgan fingerprint density at radius 2 is 1.60 bits per heavy atom. The first-order valence-electron chi connectivity index (χ1n) is 6.64. The van der Waals surface area contributed by atoms with E-state index in [1.165, 1.54) is 5.56 Å². The molecule has 0 spiro atoms. The van der Waals surface area contributed by atoms with Crippen molar-refractivity contribution in [2.45, 2.75) is 6.92 Å². The average Bonchev–Trinajstić information content (AvgIpc) is 3.00. The molecule has 0 unspecified atom stereocenters. The largest absolute Gasteiger partial charge is 0.323 e. The summed E-state index contributed by atoms with van der Waals surface area (Å²) >= 11 is 0. The molecule has 2 aromatic carbocycles. The third-order valence-corrected chi connectivity index (χ3v) is 3.15. The van der Waals surface area contributed by atoms with Crippen LogP contribution in [0.15, 0.2) is 73.1 Å². The van der Waals surface area contributed by atoms with Crippen LogP contribution in [0.1, 0.15) is 16.7 Å². The Balaban J connectivity index is 2.01. The summed E-state index contributed by atoms with van der Waals surface area (Å²) in [6.45, 7) is 2.08. The van der Waals surface area contributed by atoms with E-state index in [0.717, 1.165) is 16.8 Å². The normalized spacial score (nSPS) is 9.85. The van der Waals surface area contributed by atoms with Crippen molar-refractivity contribution in [2.75, 3.05) is 0 Å². The van der Waals surface area contributed by atoms with Crippen molar-refractivity contribution in [3.63, 3.8) is 0 Å². The minimum atomic E-state index is 1.03. The topological polar surface area (TPSA) is 4.93 Å². The number of hydrogen-bond acceptors (Lipinski definition) is 0. The predicted molar refractivity (Wildman–Crippen MR) is 82.9 cm³/mol. The van der Waals surface area contributed by atoms with Crippen molar-refractivity contribution in [1.82, 2.24) is 4.57 Å². The molecular formula is C19H15N. The molecule has 1 aromatic heterocycles. The molecule has 96 valence electrons. The Labute approximate surface area is 119 Å². The van der Waals surface area contributed by atoms with Gasteiger partial charge in [-0.15, -0.1) is 0 Å². The van der Waals surface area contributed by atoms with Crippen LogP contribution in [0.3, 0.4) is 0 Å². The van der Waals surface area contributed by atoms with E-state index in [-0.39, 0.29) is 0 Å². The van der Waals surface area contributed by atoms with Gasteiger partial charge in [-0.2, -0.15) is 0 Å². The van der Waals surface area contributed by atoms with Gasteiger partial charge in [0.2, 0.25) is 0 Å². The monoisotopic (exact) mass is 257 g/mol. The second-order valence-corrected chi connectivity index (χ2v) is 4.73. The summed E-state index contributed by atoms with van der Waals surface area (Å²) in [5.41, 5.74) is 4.42. The molecule has 20 heavy (non-hydrogen) atoms. The Kier molecular flexibility index (Phi) is 3.39. The first kappa shape index (κ1) is 12.3. The molecule has 1 heterocycles. The smallest absolute Gasteiger partial charge is 0.0606 e. The molecule has 0 saturated heterocycles. The van der Waals surface area contributed by atoms with Gasteiger partial charge >= 0.3 is 0 Å². The van der Waals surface area contributed by atoms with E-state index in [9.17, 15) is 0 Å². The lowest BCUT2D eigenvalue weighted by Crippen LogP contribution is -1.93. The number of nitrogens with zero attached hydrogens (tertiary/aromatic N) is 1. The highest BCUT2D eigenvalue weighted by Crippen LogP contribution is 2.13. The molecule has 0 radical (unpaired) electrons. The SMILES string of the molecule is Cc1cccc(C#Cc2ccccc2-n2cccc2)c1. The summed E-state index contributed by atoms with van der Waals surface area (Å²) in [5.74, 6) is 6.51. The minimum Gasteiger partial charge on any atom is -0.323 e. The van der Waals surface area contributed by atoms with Gasteiger partial charge in [0.1, 0.15) is 0 Å². The van der Waals surface area contributed by atoms with Gasteiger partial charge in [0.15, 0.2) is 0 Å².